The number of carbonyl (C=O) groups is 2. The fraction of sp³-hybridized carbons (Fsp3) is 0.880. The first-order valence-corrected chi connectivity index (χ1v) is 25.2. The summed E-state index contributed by atoms with van der Waals surface area (Å²) in [6, 6.07) is 0. The minimum Gasteiger partial charge on any atom is -0.462 e. The van der Waals surface area contributed by atoms with Gasteiger partial charge in [0, 0.05) is 26.4 Å². The van der Waals surface area contributed by atoms with Crippen molar-refractivity contribution in [1.82, 2.24) is 4.90 Å². The van der Waals surface area contributed by atoms with E-state index in [4.69, 9.17) is 9.47 Å². The van der Waals surface area contributed by atoms with Crippen molar-refractivity contribution in [2.24, 2.45) is 0 Å². The summed E-state index contributed by atoms with van der Waals surface area (Å²) in [5, 5.41) is 6.01. The molecule has 0 saturated heterocycles. The van der Waals surface area contributed by atoms with Gasteiger partial charge in [-0.15, -0.1) is 0 Å². The normalized spacial score (nSPS) is 12.1. The Kier molecular flexibility index (Phi) is 35.6. The number of ether oxygens (including phenoxy) is 2. The molecule has 0 radical (unpaired) electrons. The van der Waals surface area contributed by atoms with Crippen LogP contribution in [-0.2, 0) is 19.1 Å². The molecule has 2 N–H and O–H groups in total. The predicted octanol–water partition coefficient (Wildman–Crippen LogP) is 12.8. The highest BCUT2D eigenvalue weighted by molar-refractivity contribution is 5.73. The number of unbranched alkanes of at least 4 members (excludes halogenated alkanes) is 21. The van der Waals surface area contributed by atoms with Gasteiger partial charge in [0.1, 0.15) is 23.6 Å². The van der Waals surface area contributed by atoms with Crippen molar-refractivity contribution < 1.29 is 19.1 Å². The Morgan fingerprint density at radius 3 is 1.31 bits per heavy atom. The zero-order valence-electron chi connectivity index (χ0n) is 39.2. The molecule has 1 atom stereocenters. The minimum atomic E-state index is -0.440. The lowest BCUT2D eigenvalue weighted by atomic mass is 10.0. The summed E-state index contributed by atoms with van der Waals surface area (Å²) >= 11 is 0. The van der Waals surface area contributed by atoms with Crippen LogP contribution in [0.2, 0.25) is 0 Å². The van der Waals surface area contributed by atoms with Crippen LogP contribution >= 0.6 is 0 Å². The van der Waals surface area contributed by atoms with Gasteiger partial charge in [-0.3, -0.25) is 19.2 Å². The third kappa shape index (κ3) is 28.7. The maximum Gasteiger partial charge on any atom is 0.306 e. The molecular formula is C50H93N3O6. The molecule has 9 heteroatoms. The van der Waals surface area contributed by atoms with Crippen molar-refractivity contribution in [2.75, 3.05) is 43.9 Å². The maximum absolute atomic E-state index is 12.8. The molecule has 0 bridgehead atoms. The molecule has 0 aliphatic carbocycles. The van der Waals surface area contributed by atoms with Crippen LogP contribution in [-0.4, -0.2) is 62.3 Å². The van der Waals surface area contributed by atoms with Gasteiger partial charge in [0.05, 0.1) is 0 Å². The number of hydrogen-bond donors (Lipinski definition) is 2. The van der Waals surface area contributed by atoms with Crippen LogP contribution in [0.25, 0.3) is 0 Å². The molecule has 1 aromatic rings. The number of carbonyl (C=O) groups excluding carboxylic acids is 2. The predicted molar refractivity (Wildman–Crippen MR) is 251 cm³/mol. The van der Waals surface area contributed by atoms with E-state index in [1.807, 2.05) is 0 Å². The van der Waals surface area contributed by atoms with Crippen LogP contribution in [0.5, 0.6) is 0 Å². The van der Waals surface area contributed by atoms with E-state index in [9.17, 15) is 19.2 Å². The molecule has 0 fully saturated rings. The van der Waals surface area contributed by atoms with E-state index in [0.29, 0.717) is 30.8 Å². The molecule has 0 spiro atoms. The molecule has 1 aromatic carbocycles. The van der Waals surface area contributed by atoms with Crippen LogP contribution in [0.1, 0.15) is 240 Å². The summed E-state index contributed by atoms with van der Waals surface area (Å²) in [5.41, 5.74) is -0.0616. The Morgan fingerprint density at radius 1 is 0.475 bits per heavy atom. The topological polar surface area (TPSA) is 114 Å². The summed E-state index contributed by atoms with van der Waals surface area (Å²) in [6.45, 7) is 12.5. The molecule has 0 amide bonds. The summed E-state index contributed by atoms with van der Waals surface area (Å²) < 4.78 is 11.8. The van der Waals surface area contributed by atoms with E-state index in [2.05, 4.69) is 43.2 Å². The Labute approximate surface area is 362 Å². The van der Waals surface area contributed by atoms with E-state index >= 15 is 0 Å². The second-order valence-corrected chi connectivity index (χ2v) is 17.4. The Bertz CT molecular complexity index is 1200. The molecule has 0 aromatic heterocycles. The van der Waals surface area contributed by atoms with Gasteiger partial charge in [-0.2, -0.15) is 0 Å². The zero-order valence-corrected chi connectivity index (χ0v) is 39.2. The van der Waals surface area contributed by atoms with Gasteiger partial charge in [-0.05, 0) is 96.7 Å². The number of nitrogens with one attached hydrogen (secondary N) is 2. The minimum absolute atomic E-state index is 0.00802. The first-order valence-electron chi connectivity index (χ1n) is 25.2. The second-order valence-electron chi connectivity index (χ2n) is 17.4. The number of hydrogen-bond acceptors (Lipinski definition) is 9. The molecule has 0 aliphatic heterocycles. The van der Waals surface area contributed by atoms with E-state index < -0.39 is 10.9 Å². The summed E-state index contributed by atoms with van der Waals surface area (Å²) in [6.07, 6.45) is 36.7. The molecule has 9 nitrogen and oxygen atoms in total. The van der Waals surface area contributed by atoms with Crippen molar-refractivity contribution in [1.29, 1.82) is 0 Å². The van der Waals surface area contributed by atoms with Gasteiger partial charge >= 0.3 is 11.9 Å². The van der Waals surface area contributed by atoms with Crippen LogP contribution in [0.4, 0.5) is 11.4 Å². The Hall–Kier alpha value is -2.42. The fourth-order valence-electron chi connectivity index (χ4n) is 8.12. The van der Waals surface area contributed by atoms with Gasteiger partial charge in [-0.25, -0.2) is 0 Å². The van der Waals surface area contributed by atoms with E-state index in [1.165, 1.54) is 83.5 Å². The summed E-state index contributed by atoms with van der Waals surface area (Å²) in [4.78, 5) is 51.6. The van der Waals surface area contributed by atoms with Crippen molar-refractivity contribution in [3.63, 3.8) is 0 Å². The third-order valence-electron chi connectivity index (χ3n) is 12.0. The molecule has 0 heterocycles. The molecule has 0 saturated carbocycles. The number of anilines is 2. The maximum atomic E-state index is 12.8. The van der Waals surface area contributed by atoms with Gasteiger partial charge in [0.15, 0.2) is 0 Å². The number of esters is 2. The van der Waals surface area contributed by atoms with Crippen molar-refractivity contribution in [2.45, 2.75) is 252 Å². The molecule has 1 rings (SSSR count). The van der Waals surface area contributed by atoms with Gasteiger partial charge in [0.25, 0.3) is 10.9 Å². The van der Waals surface area contributed by atoms with Crippen molar-refractivity contribution in [3.05, 3.63) is 20.4 Å². The van der Waals surface area contributed by atoms with Crippen molar-refractivity contribution in [3.8, 4) is 0 Å². The van der Waals surface area contributed by atoms with Crippen LogP contribution in [0.3, 0.4) is 0 Å². The van der Waals surface area contributed by atoms with Crippen LogP contribution in [0, 0.1) is 0 Å². The SMILES string of the molecule is CCCCCCCCC(CC)OC(=O)CCCCCCCN(CCCCCCCC(=O)OC(CCCCCCC)CCCCCCC)CCCNc1c(NC)c(=O)c1=O. The monoisotopic (exact) mass is 832 g/mol. The van der Waals surface area contributed by atoms with Gasteiger partial charge < -0.3 is 25.0 Å². The molecule has 344 valence electrons. The first kappa shape index (κ1) is 54.6. The molecule has 0 aliphatic rings. The average molecular weight is 832 g/mol. The highest BCUT2D eigenvalue weighted by atomic mass is 16.5. The third-order valence-corrected chi connectivity index (χ3v) is 12.0. The molecular weight excluding hydrogens is 739 g/mol. The molecule has 59 heavy (non-hydrogen) atoms. The van der Waals surface area contributed by atoms with Crippen LogP contribution < -0.4 is 21.5 Å². The Morgan fingerprint density at radius 2 is 0.847 bits per heavy atom. The smallest absolute Gasteiger partial charge is 0.306 e. The van der Waals surface area contributed by atoms with Crippen LogP contribution in [0.15, 0.2) is 9.59 Å². The fourth-order valence-corrected chi connectivity index (χ4v) is 8.12. The summed E-state index contributed by atoms with van der Waals surface area (Å²) in [7, 11) is 1.67. The number of rotatable bonds is 44. The first-order chi connectivity index (χ1) is 28.8. The highest BCUT2D eigenvalue weighted by Gasteiger charge is 2.19. The average Bonchev–Trinajstić information content (AvgIpc) is 3.23. The van der Waals surface area contributed by atoms with Gasteiger partial charge in [-0.1, -0.05) is 150 Å². The van der Waals surface area contributed by atoms with E-state index in [1.54, 1.807) is 7.05 Å². The highest BCUT2D eigenvalue weighted by Crippen LogP contribution is 2.19. The lowest BCUT2D eigenvalue weighted by Gasteiger charge is -2.23. The zero-order chi connectivity index (χ0) is 43.2. The van der Waals surface area contributed by atoms with Gasteiger partial charge in [0.2, 0.25) is 0 Å². The Balaban J connectivity index is 2.40. The number of nitrogens with zero attached hydrogens (tertiary/aromatic N) is 1. The standard InChI is InChI=1S/C50H93N3O6/c1-6-10-13-16-21-26-34-43(9-4)58-45(54)37-29-22-17-24-31-40-53(42-33-39-52-48-47(51-5)49(56)50(48)57)41-32-25-18-23-30-38-46(55)59-44(35-27-19-14-11-7-2)36-28-20-15-12-8-3/h43-44,51-52H,6-42H2,1-5H3. The van der Waals surface area contributed by atoms with E-state index in [0.717, 1.165) is 135 Å². The summed E-state index contributed by atoms with van der Waals surface area (Å²) in [5.74, 6) is -0.0416. The molecule has 1 unspecified atom stereocenters. The lowest BCUT2D eigenvalue weighted by molar-refractivity contribution is -0.150. The quantitative estimate of drug-likeness (QED) is 0.0377. The second kappa shape index (κ2) is 38.5. The largest absolute Gasteiger partial charge is 0.462 e. The van der Waals surface area contributed by atoms with Crippen molar-refractivity contribution >= 4 is 23.3 Å². The lowest BCUT2D eigenvalue weighted by Crippen LogP contribution is -2.37. The van der Waals surface area contributed by atoms with E-state index in [-0.39, 0.29) is 24.1 Å².